The first-order valence-corrected chi connectivity index (χ1v) is 15.5. The highest BCUT2D eigenvalue weighted by Crippen LogP contribution is 2.42. The van der Waals surface area contributed by atoms with Gasteiger partial charge in [0.2, 0.25) is 0 Å². The summed E-state index contributed by atoms with van der Waals surface area (Å²) in [6.07, 6.45) is 0. The highest BCUT2D eigenvalue weighted by atomic mass is 31.2. The van der Waals surface area contributed by atoms with Gasteiger partial charge in [0.1, 0.15) is 5.65 Å². The molecule has 0 radical (unpaired) electrons. The fraction of sp³-hybridized carbons (Fsp3) is 0. The second-order valence-electron chi connectivity index (χ2n) is 10.4. The topological polar surface area (TPSA) is 34.4 Å². The summed E-state index contributed by atoms with van der Waals surface area (Å²) >= 11 is 0. The van der Waals surface area contributed by atoms with E-state index in [0.29, 0.717) is 0 Å². The van der Waals surface area contributed by atoms with Crippen LogP contribution in [0.1, 0.15) is 0 Å². The summed E-state index contributed by atoms with van der Waals surface area (Å²) < 4.78 is 17.1. The van der Waals surface area contributed by atoms with Crippen LogP contribution in [0.5, 0.6) is 0 Å². The second kappa shape index (κ2) is 9.30. The lowest BCUT2D eigenvalue weighted by atomic mass is 10.0. The van der Waals surface area contributed by atoms with Crippen molar-refractivity contribution in [1.29, 1.82) is 0 Å². The van der Waals surface area contributed by atoms with Crippen LogP contribution < -0.4 is 15.9 Å². The molecular weight excluding hydrogens is 519 g/mol. The Morgan fingerprint density at radius 3 is 1.68 bits per heavy atom. The van der Waals surface area contributed by atoms with Crippen molar-refractivity contribution in [2.45, 2.75) is 0 Å². The van der Waals surface area contributed by atoms with E-state index >= 15 is 0 Å². The van der Waals surface area contributed by atoms with Crippen molar-refractivity contribution in [1.82, 2.24) is 9.38 Å². The highest BCUT2D eigenvalue weighted by Gasteiger charge is 2.29. The first-order chi connectivity index (χ1) is 20.2. The van der Waals surface area contributed by atoms with Gasteiger partial charge in [-0.3, -0.25) is 4.40 Å². The summed E-state index contributed by atoms with van der Waals surface area (Å²) in [4.78, 5) is 5.07. The van der Waals surface area contributed by atoms with Gasteiger partial charge in [0.15, 0.2) is 7.14 Å². The van der Waals surface area contributed by atoms with Crippen molar-refractivity contribution in [2.24, 2.45) is 0 Å². The molecule has 0 saturated carbocycles. The lowest BCUT2D eigenvalue weighted by Gasteiger charge is -2.20. The van der Waals surface area contributed by atoms with Gasteiger partial charge in [0.05, 0.1) is 16.6 Å². The molecule has 0 spiro atoms. The molecule has 0 saturated heterocycles. The van der Waals surface area contributed by atoms with Crippen molar-refractivity contribution >= 4 is 61.4 Å². The van der Waals surface area contributed by atoms with Crippen LogP contribution in [0.3, 0.4) is 0 Å². The zero-order valence-electron chi connectivity index (χ0n) is 22.2. The number of fused-ring (bicyclic) bond motifs is 8. The molecule has 0 bridgehead atoms. The van der Waals surface area contributed by atoms with Gasteiger partial charge in [-0.1, -0.05) is 133 Å². The summed E-state index contributed by atoms with van der Waals surface area (Å²) in [7, 11) is -3.01. The van der Waals surface area contributed by atoms with Gasteiger partial charge in [-0.05, 0) is 34.7 Å². The van der Waals surface area contributed by atoms with Crippen LogP contribution in [0.2, 0.25) is 0 Å². The van der Waals surface area contributed by atoms with Crippen LogP contribution in [0.25, 0.3) is 49.5 Å². The third kappa shape index (κ3) is 3.67. The average Bonchev–Trinajstić information content (AvgIpc) is 3.45. The van der Waals surface area contributed by atoms with E-state index in [1.54, 1.807) is 0 Å². The Balaban J connectivity index is 1.30. The standard InChI is InChI=1S/C37H25N2OP/c40-41(28-11-3-1-4-12-28,29-13-5-2-6-14-29)30-22-19-26(20-23-30)27-21-24-34-36(25-27)39-35-18-10-9-16-32(35)31-15-7-8-17-33(31)37(39)38-34/h1-25H. The molecule has 2 heterocycles. The maximum Gasteiger partial charge on any atom is 0.171 e. The summed E-state index contributed by atoms with van der Waals surface area (Å²) in [5.41, 5.74) is 6.31. The molecule has 8 aromatic rings. The Kier molecular flexibility index (Phi) is 5.41. The third-order valence-corrected chi connectivity index (χ3v) is 11.1. The van der Waals surface area contributed by atoms with E-state index in [-0.39, 0.29) is 0 Å². The Morgan fingerprint density at radius 2 is 1.00 bits per heavy atom. The highest BCUT2D eigenvalue weighted by molar-refractivity contribution is 7.85. The molecule has 0 fully saturated rings. The lowest BCUT2D eigenvalue weighted by Crippen LogP contribution is -2.24. The van der Waals surface area contributed by atoms with Crippen molar-refractivity contribution in [3.8, 4) is 11.1 Å². The minimum absolute atomic E-state index is 0.826. The van der Waals surface area contributed by atoms with Gasteiger partial charge in [-0.2, -0.15) is 0 Å². The van der Waals surface area contributed by atoms with Crippen LogP contribution in [-0.4, -0.2) is 9.38 Å². The van der Waals surface area contributed by atoms with E-state index in [2.05, 4.69) is 83.3 Å². The molecular formula is C37H25N2OP. The Morgan fingerprint density at radius 1 is 0.463 bits per heavy atom. The number of hydrogen-bond donors (Lipinski definition) is 0. The number of rotatable bonds is 4. The van der Waals surface area contributed by atoms with E-state index in [1.165, 1.54) is 10.8 Å². The van der Waals surface area contributed by atoms with Gasteiger partial charge >= 0.3 is 0 Å². The minimum Gasteiger partial charge on any atom is -0.309 e. The fourth-order valence-corrected chi connectivity index (χ4v) is 8.72. The Labute approximate surface area is 237 Å². The number of hydrogen-bond acceptors (Lipinski definition) is 2. The molecule has 0 unspecified atom stereocenters. The fourth-order valence-electron chi connectivity index (χ4n) is 6.08. The quantitative estimate of drug-likeness (QED) is 0.166. The predicted octanol–water partition coefficient (Wildman–Crippen LogP) is 8.10. The molecule has 0 aliphatic heterocycles. The summed E-state index contributed by atoms with van der Waals surface area (Å²) in [6, 6.07) is 51.3. The smallest absolute Gasteiger partial charge is 0.171 e. The molecule has 4 heteroatoms. The van der Waals surface area contributed by atoms with E-state index in [9.17, 15) is 4.57 Å². The zero-order valence-corrected chi connectivity index (χ0v) is 23.1. The maximum atomic E-state index is 14.8. The molecule has 194 valence electrons. The molecule has 0 aliphatic rings. The van der Waals surface area contributed by atoms with E-state index < -0.39 is 7.14 Å². The SMILES string of the molecule is O=P(c1ccccc1)(c1ccccc1)c1ccc(-c2ccc3nc4c5ccccc5c5ccccc5n4c3c2)cc1. The second-order valence-corrected chi connectivity index (χ2v) is 13.1. The predicted molar refractivity (Wildman–Crippen MR) is 173 cm³/mol. The van der Waals surface area contributed by atoms with Gasteiger partial charge in [-0.15, -0.1) is 0 Å². The van der Waals surface area contributed by atoms with Crippen LogP contribution in [0.15, 0.2) is 152 Å². The van der Waals surface area contributed by atoms with Crippen molar-refractivity contribution in [2.75, 3.05) is 0 Å². The number of para-hydroxylation sites is 1. The number of nitrogens with zero attached hydrogens (tertiary/aromatic N) is 2. The molecule has 3 nitrogen and oxygen atoms in total. The first-order valence-electron chi connectivity index (χ1n) is 13.8. The van der Waals surface area contributed by atoms with Crippen LogP contribution in [-0.2, 0) is 4.57 Å². The maximum absolute atomic E-state index is 14.8. The van der Waals surface area contributed by atoms with E-state index in [0.717, 1.165) is 54.6 Å². The Bertz CT molecular complexity index is 2230. The van der Waals surface area contributed by atoms with Gasteiger partial charge in [-0.25, -0.2) is 4.98 Å². The lowest BCUT2D eigenvalue weighted by molar-refractivity contribution is 0.592. The molecule has 8 rings (SSSR count). The monoisotopic (exact) mass is 544 g/mol. The van der Waals surface area contributed by atoms with Gasteiger partial charge in [0.25, 0.3) is 0 Å². The number of pyridine rings is 1. The number of benzene rings is 6. The normalized spacial score (nSPS) is 12.0. The van der Waals surface area contributed by atoms with Gasteiger partial charge in [0, 0.05) is 26.7 Å². The summed E-state index contributed by atoms with van der Waals surface area (Å²) in [6.45, 7) is 0. The number of aromatic nitrogens is 2. The summed E-state index contributed by atoms with van der Waals surface area (Å²) in [5, 5.41) is 6.07. The molecule has 41 heavy (non-hydrogen) atoms. The zero-order chi connectivity index (χ0) is 27.4. The molecule has 0 aliphatic carbocycles. The molecule has 0 amide bonds. The first kappa shape index (κ1) is 23.9. The van der Waals surface area contributed by atoms with Crippen molar-refractivity contribution in [3.63, 3.8) is 0 Å². The van der Waals surface area contributed by atoms with E-state index in [4.69, 9.17) is 4.98 Å². The van der Waals surface area contributed by atoms with Crippen molar-refractivity contribution in [3.05, 3.63) is 152 Å². The minimum atomic E-state index is -3.01. The third-order valence-electron chi connectivity index (χ3n) is 8.06. The molecule has 0 atom stereocenters. The number of imidazole rings is 1. The average molecular weight is 545 g/mol. The Hall–Kier alpha value is -4.98. The van der Waals surface area contributed by atoms with Crippen molar-refractivity contribution < 1.29 is 4.57 Å². The summed E-state index contributed by atoms with van der Waals surface area (Å²) in [5.74, 6) is 0. The molecule has 0 N–H and O–H groups in total. The van der Waals surface area contributed by atoms with Gasteiger partial charge < -0.3 is 4.57 Å². The molecule has 6 aromatic carbocycles. The van der Waals surface area contributed by atoms with Crippen LogP contribution >= 0.6 is 7.14 Å². The van der Waals surface area contributed by atoms with E-state index in [1.807, 2.05) is 72.8 Å². The molecule has 2 aromatic heterocycles. The van der Waals surface area contributed by atoms with Crippen LogP contribution in [0, 0.1) is 0 Å². The van der Waals surface area contributed by atoms with Crippen LogP contribution in [0.4, 0.5) is 0 Å². The largest absolute Gasteiger partial charge is 0.309 e.